The quantitative estimate of drug-likeness (QED) is 0.406. The molecule has 0 aliphatic heterocycles. The van der Waals surface area contributed by atoms with Gasteiger partial charge in [-0.2, -0.15) is 0 Å². The maximum absolute atomic E-state index is 10.1. The van der Waals surface area contributed by atoms with Crippen LogP contribution in [-0.4, -0.2) is 19.5 Å². The van der Waals surface area contributed by atoms with Gasteiger partial charge < -0.3 is 4.55 Å². The zero-order valence-electron chi connectivity index (χ0n) is 8.05. The van der Waals surface area contributed by atoms with Crippen molar-refractivity contribution >= 4 is 10.3 Å². The van der Waals surface area contributed by atoms with Crippen LogP contribution in [0.15, 0.2) is 0 Å². The SMILES string of the molecule is CC(C)(C)CCNS(=O)(=O)[O-].[Na+]. The normalized spacial score (nSPS) is 12.3. The Morgan fingerprint density at radius 3 is 2.00 bits per heavy atom. The van der Waals surface area contributed by atoms with Crippen LogP contribution >= 0.6 is 0 Å². The van der Waals surface area contributed by atoms with Gasteiger partial charge in [-0.15, -0.1) is 0 Å². The van der Waals surface area contributed by atoms with Crippen LogP contribution in [0, 0.1) is 5.41 Å². The van der Waals surface area contributed by atoms with E-state index in [1.165, 1.54) is 0 Å². The molecule has 1 N–H and O–H groups in total. The van der Waals surface area contributed by atoms with Gasteiger partial charge in [0.1, 0.15) is 0 Å². The zero-order chi connectivity index (χ0) is 9.12. The molecule has 0 fully saturated rings. The van der Waals surface area contributed by atoms with E-state index in [1.807, 2.05) is 25.5 Å². The van der Waals surface area contributed by atoms with Gasteiger partial charge in [-0.1, -0.05) is 20.8 Å². The third kappa shape index (κ3) is 13.5. The molecule has 0 saturated carbocycles. The van der Waals surface area contributed by atoms with Gasteiger partial charge in [-0.05, 0) is 11.8 Å². The van der Waals surface area contributed by atoms with Crippen molar-refractivity contribution < 1.29 is 42.5 Å². The van der Waals surface area contributed by atoms with Crippen LogP contribution in [0.1, 0.15) is 27.2 Å². The largest absolute Gasteiger partial charge is 1.00 e. The second kappa shape index (κ2) is 5.57. The summed E-state index contributed by atoms with van der Waals surface area (Å²) in [6.45, 7) is 6.15. The van der Waals surface area contributed by atoms with Crippen LogP contribution < -0.4 is 34.3 Å². The summed E-state index contributed by atoms with van der Waals surface area (Å²) in [5, 5.41) is 0. The van der Waals surface area contributed by atoms with Gasteiger partial charge in [0.05, 0.1) is 0 Å². The minimum atomic E-state index is -4.25. The van der Waals surface area contributed by atoms with Gasteiger partial charge in [0, 0.05) is 6.54 Å². The Labute approximate surface area is 96.3 Å². The predicted molar refractivity (Wildman–Crippen MR) is 41.8 cm³/mol. The first-order valence-electron chi connectivity index (χ1n) is 3.41. The van der Waals surface area contributed by atoms with Crippen molar-refractivity contribution in [2.24, 2.45) is 5.41 Å². The number of hydrogen-bond donors (Lipinski definition) is 1. The van der Waals surface area contributed by atoms with Crippen molar-refractivity contribution in [3.8, 4) is 0 Å². The van der Waals surface area contributed by atoms with Crippen molar-refractivity contribution in [1.29, 1.82) is 0 Å². The molecule has 0 saturated heterocycles. The molecule has 12 heavy (non-hydrogen) atoms. The molecule has 0 aromatic carbocycles. The number of nitrogens with one attached hydrogen (secondary N) is 1. The Morgan fingerprint density at radius 1 is 1.33 bits per heavy atom. The van der Waals surface area contributed by atoms with Crippen molar-refractivity contribution in [3.63, 3.8) is 0 Å². The molecule has 0 aromatic rings. The fourth-order valence-corrected chi connectivity index (χ4v) is 0.903. The summed E-state index contributed by atoms with van der Waals surface area (Å²) < 4.78 is 32.0. The molecule has 0 heterocycles. The maximum atomic E-state index is 10.1. The Hall–Kier alpha value is 0.870. The molecule has 68 valence electrons. The van der Waals surface area contributed by atoms with E-state index < -0.39 is 10.3 Å². The van der Waals surface area contributed by atoms with Crippen LogP contribution in [0.3, 0.4) is 0 Å². The third-order valence-corrected chi connectivity index (χ3v) is 1.71. The van der Waals surface area contributed by atoms with Crippen LogP contribution in [0.4, 0.5) is 0 Å². The average Bonchev–Trinajstić information content (AvgIpc) is 1.55. The summed E-state index contributed by atoms with van der Waals surface area (Å²) >= 11 is 0. The molecule has 0 bridgehead atoms. The first-order valence-corrected chi connectivity index (χ1v) is 4.82. The van der Waals surface area contributed by atoms with Gasteiger partial charge in [0.15, 0.2) is 10.3 Å². The van der Waals surface area contributed by atoms with E-state index in [0.717, 1.165) is 0 Å². The second-order valence-corrected chi connectivity index (χ2v) is 4.86. The second-order valence-electron chi connectivity index (χ2n) is 3.66. The average molecular weight is 203 g/mol. The molecule has 0 atom stereocenters. The van der Waals surface area contributed by atoms with E-state index in [0.29, 0.717) is 6.42 Å². The molecular formula is C6H14NNaO3S. The van der Waals surface area contributed by atoms with Gasteiger partial charge >= 0.3 is 29.6 Å². The molecule has 0 aliphatic carbocycles. The predicted octanol–water partition coefficient (Wildman–Crippen LogP) is -2.52. The smallest absolute Gasteiger partial charge is 0.735 e. The molecule has 0 unspecified atom stereocenters. The van der Waals surface area contributed by atoms with Crippen LogP contribution in [0.5, 0.6) is 0 Å². The van der Waals surface area contributed by atoms with Crippen molar-refractivity contribution in [2.75, 3.05) is 6.54 Å². The molecule has 0 spiro atoms. The van der Waals surface area contributed by atoms with Crippen molar-refractivity contribution in [2.45, 2.75) is 27.2 Å². The molecule has 0 aliphatic rings. The Morgan fingerprint density at radius 2 is 1.75 bits per heavy atom. The summed E-state index contributed by atoms with van der Waals surface area (Å²) in [6, 6.07) is 0. The van der Waals surface area contributed by atoms with Crippen LogP contribution in [0.2, 0.25) is 0 Å². The van der Waals surface area contributed by atoms with Gasteiger partial charge in [0.2, 0.25) is 0 Å². The molecule has 6 heteroatoms. The fourth-order valence-electron chi connectivity index (χ4n) is 0.551. The van der Waals surface area contributed by atoms with E-state index >= 15 is 0 Å². The Kier molecular flexibility index (Phi) is 7.12. The molecular weight excluding hydrogens is 189 g/mol. The van der Waals surface area contributed by atoms with E-state index in [2.05, 4.69) is 0 Å². The van der Waals surface area contributed by atoms with Crippen LogP contribution in [-0.2, 0) is 10.3 Å². The monoisotopic (exact) mass is 203 g/mol. The Bertz CT molecular complexity index is 207. The van der Waals surface area contributed by atoms with Crippen molar-refractivity contribution in [3.05, 3.63) is 0 Å². The van der Waals surface area contributed by atoms with E-state index in [9.17, 15) is 13.0 Å². The summed E-state index contributed by atoms with van der Waals surface area (Å²) in [5.41, 5.74) is 0.0533. The molecule has 0 aromatic heterocycles. The Balaban J connectivity index is 0. The molecule has 0 rings (SSSR count). The van der Waals surface area contributed by atoms with E-state index in [-0.39, 0.29) is 41.5 Å². The van der Waals surface area contributed by atoms with Gasteiger partial charge in [-0.25, -0.2) is 13.1 Å². The molecule has 4 nitrogen and oxygen atoms in total. The molecule has 0 radical (unpaired) electrons. The van der Waals surface area contributed by atoms with Gasteiger partial charge in [0.25, 0.3) is 0 Å². The number of rotatable bonds is 3. The third-order valence-electron chi connectivity index (χ3n) is 1.15. The van der Waals surface area contributed by atoms with E-state index in [4.69, 9.17) is 0 Å². The first kappa shape index (κ1) is 15.3. The topological polar surface area (TPSA) is 69.2 Å². The standard InChI is InChI=1S/C6H15NO3S.Na/c1-6(2,3)4-5-7-11(8,9)10;/h7H,4-5H2,1-3H3,(H,8,9,10);/q;+1/p-1. The zero-order valence-corrected chi connectivity index (χ0v) is 10.9. The summed E-state index contributed by atoms with van der Waals surface area (Å²) in [7, 11) is -4.25. The summed E-state index contributed by atoms with van der Waals surface area (Å²) in [6.07, 6.45) is 0.661. The maximum Gasteiger partial charge on any atom is 1.00 e. The van der Waals surface area contributed by atoms with Crippen molar-refractivity contribution in [1.82, 2.24) is 4.72 Å². The minimum Gasteiger partial charge on any atom is -0.735 e. The van der Waals surface area contributed by atoms with Gasteiger partial charge in [-0.3, -0.25) is 0 Å². The summed E-state index contributed by atoms with van der Waals surface area (Å²) in [4.78, 5) is 0. The van der Waals surface area contributed by atoms with E-state index in [1.54, 1.807) is 0 Å². The first-order chi connectivity index (χ1) is 4.71. The number of hydrogen-bond acceptors (Lipinski definition) is 3. The van der Waals surface area contributed by atoms with Crippen LogP contribution in [0.25, 0.3) is 0 Å². The molecule has 0 amide bonds. The summed E-state index contributed by atoms with van der Waals surface area (Å²) in [5.74, 6) is 0. The fraction of sp³-hybridized carbons (Fsp3) is 1.00. The minimum absolute atomic E-state index is 0.